The third kappa shape index (κ3) is 3.04. The summed E-state index contributed by atoms with van der Waals surface area (Å²) in [4.78, 5) is 22.7. The zero-order chi connectivity index (χ0) is 13.8. The minimum Gasteiger partial charge on any atom is -0.451 e. The first-order valence-electron chi connectivity index (χ1n) is 5.83. The molecule has 1 heterocycles. The van der Waals surface area contributed by atoms with Crippen molar-refractivity contribution in [1.29, 1.82) is 0 Å². The van der Waals surface area contributed by atoms with Crippen molar-refractivity contribution in [1.82, 2.24) is 10.9 Å². The van der Waals surface area contributed by atoms with Gasteiger partial charge >= 0.3 is 12.0 Å². The fraction of sp³-hybridized carbons (Fsp3) is 0.231. The van der Waals surface area contributed by atoms with E-state index < -0.39 is 12.0 Å². The summed E-state index contributed by atoms with van der Waals surface area (Å²) in [6.45, 7) is 3.85. The number of furan rings is 1. The number of amides is 2. The number of rotatable bonds is 2. The van der Waals surface area contributed by atoms with Gasteiger partial charge in [-0.1, -0.05) is 11.6 Å². The van der Waals surface area contributed by atoms with Crippen LogP contribution in [0.3, 0.4) is 0 Å². The van der Waals surface area contributed by atoms with Crippen LogP contribution in [0.15, 0.2) is 28.7 Å². The Morgan fingerprint density at radius 3 is 2.79 bits per heavy atom. The molecule has 1 aromatic carbocycles. The number of hydrogen-bond donors (Lipinski definition) is 2. The molecule has 0 bridgehead atoms. The Labute approximate surface area is 109 Å². The van der Waals surface area contributed by atoms with Gasteiger partial charge in [-0.25, -0.2) is 10.2 Å². The third-order valence-electron chi connectivity index (χ3n) is 2.45. The van der Waals surface area contributed by atoms with E-state index in [1.165, 1.54) is 0 Å². The Bertz CT molecular complexity index is 618. The van der Waals surface area contributed by atoms with Gasteiger partial charge < -0.3 is 9.15 Å². The summed E-state index contributed by atoms with van der Waals surface area (Å²) in [6, 6.07) is 7.21. The largest absolute Gasteiger partial charge is 0.451 e. The van der Waals surface area contributed by atoms with Crippen LogP contribution in [0.25, 0.3) is 11.0 Å². The van der Waals surface area contributed by atoms with Crippen LogP contribution in [0.2, 0.25) is 0 Å². The number of aryl methyl sites for hydroxylation is 1. The standard InChI is InChI=1S/C13H14N2O4/c1-3-18-13(17)15-14-12(16)11-7-9-6-8(2)4-5-10(9)19-11/h4-7H,3H2,1-2H3,(H,14,16)(H,15,17). The van der Waals surface area contributed by atoms with Crippen molar-refractivity contribution < 1.29 is 18.7 Å². The minimum atomic E-state index is -0.720. The zero-order valence-electron chi connectivity index (χ0n) is 10.6. The Hall–Kier alpha value is -2.50. The molecule has 0 saturated heterocycles. The van der Waals surface area contributed by atoms with Crippen molar-refractivity contribution in [2.75, 3.05) is 6.61 Å². The van der Waals surface area contributed by atoms with Crippen LogP contribution in [0, 0.1) is 6.92 Å². The van der Waals surface area contributed by atoms with E-state index in [1.54, 1.807) is 19.1 Å². The molecule has 0 aliphatic carbocycles. The summed E-state index contributed by atoms with van der Waals surface area (Å²) < 4.78 is 9.98. The summed E-state index contributed by atoms with van der Waals surface area (Å²) in [5.41, 5.74) is 6.01. The lowest BCUT2D eigenvalue weighted by Gasteiger charge is -2.04. The summed E-state index contributed by atoms with van der Waals surface area (Å²) >= 11 is 0. The molecule has 0 radical (unpaired) electrons. The van der Waals surface area contributed by atoms with Crippen LogP contribution in [0.5, 0.6) is 0 Å². The van der Waals surface area contributed by atoms with Crippen LogP contribution in [-0.2, 0) is 4.74 Å². The number of hydrogen-bond acceptors (Lipinski definition) is 4. The first-order valence-corrected chi connectivity index (χ1v) is 5.83. The lowest BCUT2D eigenvalue weighted by Crippen LogP contribution is -2.41. The number of carbonyl (C=O) groups is 2. The van der Waals surface area contributed by atoms with Crippen molar-refractivity contribution in [3.05, 3.63) is 35.6 Å². The molecule has 6 heteroatoms. The predicted molar refractivity (Wildman–Crippen MR) is 68.6 cm³/mol. The fourth-order valence-corrected chi connectivity index (χ4v) is 1.61. The second kappa shape index (κ2) is 5.43. The van der Waals surface area contributed by atoms with Crippen LogP contribution >= 0.6 is 0 Å². The SMILES string of the molecule is CCOC(=O)NNC(=O)c1cc2cc(C)ccc2o1. The minimum absolute atomic E-state index is 0.123. The average Bonchev–Trinajstić information content (AvgIpc) is 2.79. The maximum absolute atomic E-state index is 11.7. The molecule has 0 aliphatic rings. The lowest BCUT2D eigenvalue weighted by molar-refractivity contribution is 0.0888. The Kier molecular flexibility index (Phi) is 3.70. The van der Waals surface area contributed by atoms with Gasteiger partial charge in [-0.05, 0) is 32.0 Å². The van der Waals surface area contributed by atoms with Crippen molar-refractivity contribution in [2.24, 2.45) is 0 Å². The van der Waals surface area contributed by atoms with E-state index in [-0.39, 0.29) is 12.4 Å². The van der Waals surface area contributed by atoms with Gasteiger partial charge in [-0.15, -0.1) is 0 Å². The molecular formula is C13H14N2O4. The summed E-state index contributed by atoms with van der Waals surface area (Å²) in [5, 5.41) is 0.835. The summed E-state index contributed by atoms with van der Waals surface area (Å²) in [7, 11) is 0. The molecule has 2 aromatic rings. The van der Waals surface area contributed by atoms with Gasteiger partial charge in [0.15, 0.2) is 5.76 Å². The normalized spacial score (nSPS) is 10.2. The number of fused-ring (bicyclic) bond motifs is 1. The van der Waals surface area contributed by atoms with E-state index in [9.17, 15) is 9.59 Å². The Morgan fingerprint density at radius 1 is 1.26 bits per heavy atom. The van der Waals surface area contributed by atoms with E-state index >= 15 is 0 Å². The number of hydrazine groups is 1. The highest BCUT2D eigenvalue weighted by Gasteiger charge is 2.13. The van der Waals surface area contributed by atoms with Crippen LogP contribution in [0.1, 0.15) is 23.0 Å². The molecule has 2 amide bonds. The van der Waals surface area contributed by atoms with Crippen LogP contribution in [0.4, 0.5) is 4.79 Å². The topological polar surface area (TPSA) is 80.6 Å². The van der Waals surface area contributed by atoms with E-state index in [0.717, 1.165) is 10.9 Å². The molecule has 0 unspecified atom stereocenters. The smallest absolute Gasteiger partial charge is 0.426 e. The number of nitrogens with one attached hydrogen (secondary N) is 2. The van der Waals surface area contributed by atoms with Crippen LogP contribution < -0.4 is 10.9 Å². The predicted octanol–water partition coefficient (Wildman–Crippen LogP) is 2.13. The maximum Gasteiger partial charge on any atom is 0.426 e. The number of carbonyl (C=O) groups excluding carboxylic acids is 2. The van der Waals surface area contributed by atoms with E-state index in [1.807, 2.05) is 19.1 Å². The van der Waals surface area contributed by atoms with E-state index in [2.05, 4.69) is 15.6 Å². The molecule has 2 N–H and O–H groups in total. The Morgan fingerprint density at radius 2 is 2.05 bits per heavy atom. The lowest BCUT2D eigenvalue weighted by atomic mass is 10.2. The van der Waals surface area contributed by atoms with Gasteiger partial charge in [0, 0.05) is 5.39 Å². The third-order valence-corrected chi connectivity index (χ3v) is 2.45. The molecule has 0 spiro atoms. The highest BCUT2D eigenvalue weighted by molar-refractivity contribution is 5.96. The second-order valence-electron chi connectivity index (χ2n) is 3.95. The molecule has 0 atom stereocenters. The van der Waals surface area contributed by atoms with Crippen molar-refractivity contribution in [3.63, 3.8) is 0 Å². The quantitative estimate of drug-likeness (QED) is 0.812. The van der Waals surface area contributed by atoms with E-state index in [4.69, 9.17) is 4.42 Å². The first kappa shape index (κ1) is 12.9. The molecule has 6 nitrogen and oxygen atoms in total. The molecule has 0 aliphatic heterocycles. The maximum atomic E-state index is 11.7. The van der Waals surface area contributed by atoms with Crippen molar-refractivity contribution in [2.45, 2.75) is 13.8 Å². The van der Waals surface area contributed by atoms with Crippen molar-refractivity contribution in [3.8, 4) is 0 Å². The first-order chi connectivity index (χ1) is 9.10. The average molecular weight is 262 g/mol. The highest BCUT2D eigenvalue weighted by Crippen LogP contribution is 2.20. The summed E-state index contributed by atoms with van der Waals surface area (Å²) in [5.74, 6) is -0.417. The molecule has 1 aromatic heterocycles. The van der Waals surface area contributed by atoms with Gasteiger partial charge in [0.05, 0.1) is 6.61 Å². The van der Waals surface area contributed by atoms with Crippen LogP contribution in [-0.4, -0.2) is 18.6 Å². The van der Waals surface area contributed by atoms with Crippen molar-refractivity contribution >= 4 is 23.0 Å². The van der Waals surface area contributed by atoms with E-state index in [0.29, 0.717) is 5.58 Å². The van der Waals surface area contributed by atoms with Gasteiger partial charge in [-0.3, -0.25) is 10.2 Å². The Balaban J connectivity index is 2.07. The molecule has 100 valence electrons. The van der Waals surface area contributed by atoms with Gasteiger partial charge in [0.1, 0.15) is 5.58 Å². The van der Waals surface area contributed by atoms with Gasteiger partial charge in [0.2, 0.25) is 0 Å². The number of benzene rings is 1. The fourth-order valence-electron chi connectivity index (χ4n) is 1.61. The molecule has 2 rings (SSSR count). The molecule has 0 saturated carbocycles. The second-order valence-corrected chi connectivity index (χ2v) is 3.95. The molecule has 0 fully saturated rings. The molecule has 19 heavy (non-hydrogen) atoms. The van der Waals surface area contributed by atoms with Gasteiger partial charge in [-0.2, -0.15) is 0 Å². The molecular weight excluding hydrogens is 248 g/mol. The zero-order valence-corrected chi connectivity index (χ0v) is 10.6. The highest BCUT2D eigenvalue weighted by atomic mass is 16.6. The summed E-state index contributed by atoms with van der Waals surface area (Å²) in [6.07, 6.45) is -0.720. The van der Waals surface area contributed by atoms with Gasteiger partial charge in [0.25, 0.3) is 0 Å². The monoisotopic (exact) mass is 262 g/mol. The number of ether oxygens (including phenoxy) is 1.